The van der Waals surface area contributed by atoms with Crippen molar-refractivity contribution in [1.82, 2.24) is 14.5 Å². The van der Waals surface area contributed by atoms with Crippen LogP contribution in [0.2, 0.25) is 0 Å². The molecule has 0 atom stereocenters. The van der Waals surface area contributed by atoms with E-state index in [9.17, 15) is 4.79 Å². The fourth-order valence-electron chi connectivity index (χ4n) is 3.56. The second-order valence-corrected chi connectivity index (χ2v) is 6.58. The van der Waals surface area contributed by atoms with Crippen molar-refractivity contribution in [2.75, 3.05) is 0 Å². The molecule has 5 rings (SSSR count). The first-order valence-electron chi connectivity index (χ1n) is 8.56. The maximum Gasteiger partial charge on any atom is 0.260 e. The second-order valence-electron chi connectivity index (χ2n) is 6.58. The SMILES string of the molecule is Cn1cc2[nH]c3c4cc(C=Cc5ccccc5)[nH]cc4ccc3c2c1=O. The maximum absolute atomic E-state index is 12.4. The number of aromatic amines is 2. The number of fused-ring (bicyclic) bond motifs is 5. The standard InChI is InChI=1S/C22H17N3O/c1-25-13-19-20(22(25)26)17-10-8-15-12-23-16(11-18(15)21(17)24-19)9-7-14-5-3-2-4-6-14/h2-13,23-24H,1H3. The van der Waals surface area contributed by atoms with Crippen LogP contribution in [-0.4, -0.2) is 14.5 Å². The van der Waals surface area contributed by atoms with Crippen molar-refractivity contribution in [3.05, 3.63) is 82.5 Å². The van der Waals surface area contributed by atoms with Crippen molar-refractivity contribution in [2.45, 2.75) is 0 Å². The normalized spacial score (nSPS) is 12.0. The highest BCUT2D eigenvalue weighted by Gasteiger charge is 2.13. The van der Waals surface area contributed by atoms with Crippen molar-refractivity contribution in [3.8, 4) is 0 Å². The molecule has 0 unspecified atom stereocenters. The Bertz CT molecular complexity index is 1350. The molecule has 0 aliphatic heterocycles. The first-order valence-corrected chi connectivity index (χ1v) is 8.56. The van der Waals surface area contributed by atoms with Crippen molar-refractivity contribution in [1.29, 1.82) is 0 Å². The van der Waals surface area contributed by atoms with Gasteiger partial charge in [0.2, 0.25) is 0 Å². The van der Waals surface area contributed by atoms with Crippen LogP contribution in [0.3, 0.4) is 0 Å². The summed E-state index contributed by atoms with van der Waals surface area (Å²) in [6.07, 6.45) is 8.01. The predicted octanol–water partition coefficient (Wildman–Crippen LogP) is 4.67. The van der Waals surface area contributed by atoms with E-state index in [-0.39, 0.29) is 5.56 Å². The Morgan fingerprint density at radius 2 is 1.85 bits per heavy atom. The maximum atomic E-state index is 12.4. The van der Waals surface area contributed by atoms with E-state index < -0.39 is 0 Å². The number of pyridine rings is 1. The summed E-state index contributed by atoms with van der Waals surface area (Å²) in [4.78, 5) is 19.1. The Balaban J connectivity index is 1.71. The molecule has 0 aliphatic carbocycles. The molecule has 0 saturated heterocycles. The van der Waals surface area contributed by atoms with Crippen LogP contribution in [-0.2, 0) is 7.05 Å². The molecule has 0 spiro atoms. The van der Waals surface area contributed by atoms with Crippen molar-refractivity contribution >= 4 is 44.7 Å². The molecule has 2 aromatic carbocycles. The van der Waals surface area contributed by atoms with Gasteiger partial charge in [0.15, 0.2) is 0 Å². The lowest BCUT2D eigenvalue weighted by Crippen LogP contribution is -2.08. The van der Waals surface area contributed by atoms with Crippen molar-refractivity contribution in [2.24, 2.45) is 7.05 Å². The molecule has 4 heteroatoms. The zero-order valence-corrected chi connectivity index (χ0v) is 14.3. The van der Waals surface area contributed by atoms with Gasteiger partial charge in [-0.3, -0.25) is 4.79 Å². The van der Waals surface area contributed by atoms with Gasteiger partial charge in [-0.2, -0.15) is 0 Å². The van der Waals surface area contributed by atoms with Crippen molar-refractivity contribution < 1.29 is 0 Å². The first-order chi connectivity index (χ1) is 12.7. The minimum Gasteiger partial charge on any atom is -0.361 e. The minimum absolute atomic E-state index is 0.0392. The summed E-state index contributed by atoms with van der Waals surface area (Å²) < 4.78 is 1.62. The van der Waals surface area contributed by atoms with E-state index in [0.717, 1.165) is 43.8 Å². The number of nitrogens with zero attached hydrogens (tertiary/aromatic N) is 1. The zero-order valence-electron chi connectivity index (χ0n) is 14.3. The van der Waals surface area contributed by atoms with Crippen LogP contribution in [0, 0.1) is 0 Å². The van der Waals surface area contributed by atoms with Gasteiger partial charge in [-0.1, -0.05) is 48.5 Å². The van der Waals surface area contributed by atoms with Gasteiger partial charge >= 0.3 is 0 Å². The minimum atomic E-state index is 0.0392. The van der Waals surface area contributed by atoms with Crippen LogP contribution in [0.25, 0.3) is 44.7 Å². The lowest BCUT2D eigenvalue weighted by atomic mass is 10.1. The zero-order chi connectivity index (χ0) is 17.7. The highest BCUT2D eigenvalue weighted by molar-refractivity contribution is 6.16. The molecule has 0 bridgehead atoms. The fourth-order valence-corrected chi connectivity index (χ4v) is 3.56. The Morgan fingerprint density at radius 1 is 1.00 bits per heavy atom. The highest BCUT2D eigenvalue weighted by Crippen LogP contribution is 2.30. The van der Waals surface area contributed by atoms with Gasteiger partial charge in [0.25, 0.3) is 5.56 Å². The molecular weight excluding hydrogens is 322 g/mol. The second kappa shape index (κ2) is 5.49. The van der Waals surface area contributed by atoms with Crippen LogP contribution in [0.15, 0.2) is 65.7 Å². The number of hydrogen-bond donors (Lipinski definition) is 2. The summed E-state index contributed by atoms with van der Waals surface area (Å²) in [5.74, 6) is 0. The number of rotatable bonds is 2. The van der Waals surface area contributed by atoms with Crippen LogP contribution in [0.4, 0.5) is 0 Å². The molecule has 0 fully saturated rings. The van der Waals surface area contributed by atoms with Gasteiger partial charge in [0.1, 0.15) is 0 Å². The van der Waals surface area contributed by atoms with Gasteiger partial charge in [-0.25, -0.2) is 0 Å². The number of aryl methyl sites for hydroxylation is 1. The van der Waals surface area contributed by atoms with Crippen LogP contribution in [0.1, 0.15) is 11.3 Å². The Morgan fingerprint density at radius 3 is 2.69 bits per heavy atom. The van der Waals surface area contributed by atoms with Crippen LogP contribution < -0.4 is 5.56 Å². The molecule has 126 valence electrons. The fraction of sp³-hybridized carbons (Fsp3) is 0.0455. The van der Waals surface area contributed by atoms with Crippen LogP contribution >= 0.6 is 0 Å². The summed E-state index contributed by atoms with van der Waals surface area (Å²) >= 11 is 0. The molecule has 0 amide bonds. The van der Waals surface area contributed by atoms with E-state index >= 15 is 0 Å². The van der Waals surface area contributed by atoms with Gasteiger partial charge < -0.3 is 14.5 Å². The largest absolute Gasteiger partial charge is 0.361 e. The summed E-state index contributed by atoms with van der Waals surface area (Å²) in [7, 11) is 1.78. The Hall–Kier alpha value is -3.53. The molecule has 3 aromatic heterocycles. The third-order valence-corrected chi connectivity index (χ3v) is 4.88. The summed E-state index contributed by atoms with van der Waals surface area (Å²) in [6, 6.07) is 16.4. The van der Waals surface area contributed by atoms with E-state index in [1.165, 1.54) is 0 Å². The van der Waals surface area contributed by atoms with Crippen molar-refractivity contribution in [3.63, 3.8) is 0 Å². The van der Waals surface area contributed by atoms with Gasteiger partial charge in [0.05, 0.1) is 16.4 Å². The average Bonchev–Trinajstić information content (AvgIpc) is 3.17. The molecule has 0 radical (unpaired) electrons. The lowest BCUT2D eigenvalue weighted by Gasteiger charge is -2.03. The van der Waals surface area contributed by atoms with E-state index in [2.05, 4.69) is 46.4 Å². The van der Waals surface area contributed by atoms with E-state index in [0.29, 0.717) is 0 Å². The average molecular weight is 339 g/mol. The van der Waals surface area contributed by atoms with Gasteiger partial charge in [-0.05, 0) is 23.1 Å². The number of H-pyrrole nitrogens is 2. The first kappa shape index (κ1) is 14.8. The van der Waals surface area contributed by atoms with Crippen LogP contribution in [0.5, 0.6) is 0 Å². The quantitative estimate of drug-likeness (QED) is 0.482. The number of nitrogens with one attached hydrogen (secondary N) is 2. The molecule has 4 nitrogen and oxygen atoms in total. The summed E-state index contributed by atoms with van der Waals surface area (Å²) in [5.41, 5.74) is 4.09. The molecule has 26 heavy (non-hydrogen) atoms. The summed E-state index contributed by atoms with van der Waals surface area (Å²) in [6.45, 7) is 0. The molecule has 2 N–H and O–H groups in total. The molecular formula is C22H17N3O. The lowest BCUT2D eigenvalue weighted by molar-refractivity contribution is 0.892. The van der Waals surface area contributed by atoms with E-state index in [4.69, 9.17) is 0 Å². The molecule has 0 aliphatic rings. The van der Waals surface area contributed by atoms with E-state index in [1.54, 1.807) is 11.6 Å². The summed E-state index contributed by atoms with van der Waals surface area (Å²) in [5, 5.41) is 3.95. The Kier molecular flexibility index (Phi) is 3.12. The number of aromatic nitrogens is 3. The monoisotopic (exact) mass is 339 g/mol. The smallest absolute Gasteiger partial charge is 0.260 e. The Labute approximate surface area is 149 Å². The third-order valence-electron chi connectivity index (χ3n) is 4.88. The third kappa shape index (κ3) is 2.19. The predicted molar refractivity (Wildman–Crippen MR) is 108 cm³/mol. The number of benzene rings is 2. The molecule has 5 aromatic rings. The molecule has 3 heterocycles. The highest BCUT2D eigenvalue weighted by atomic mass is 16.1. The number of hydrogen-bond acceptors (Lipinski definition) is 1. The van der Waals surface area contributed by atoms with Gasteiger partial charge in [-0.15, -0.1) is 0 Å². The molecule has 0 saturated carbocycles. The van der Waals surface area contributed by atoms with E-state index in [1.807, 2.05) is 36.7 Å². The topological polar surface area (TPSA) is 53.6 Å². The van der Waals surface area contributed by atoms with Gasteiger partial charge in [0, 0.05) is 35.9 Å².